The fourth-order valence-electron chi connectivity index (χ4n) is 1.23. The second kappa shape index (κ2) is 5.56. The summed E-state index contributed by atoms with van der Waals surface area (Å²) in [6.07, 6.45) is 0.697. The van der Waals surface area contributed by atoms with E-state index < -0.39 is 16.0 Å². The molecule has 17 heavy (non-hydrogen) atoms. The van der Waals surface area contributed by atoms with Crippen LogP contribution in [0.25, 0.3) is 0 Å². The van der Waals surface area contributed by atoms with Crippen LogP contribution in [0.4, 0.5) is 0 Å². The third-order valence-corrected chi connectivity index (χ3v) is 5.30. The maximum absolute atomic E-state index is 12.1. The molecule has 0 saturated carbocycles. The number of thiazole rings is 1. The molecule has 0 aromatic carbocycles. The van der Waals surface area contributed by atoms with Gasteiger partial charge in [-0.25, -0.2) is 22.5 Å². The standard InChI is InChI=1S/C9H14N2O4S2/c1-4-5-11(2)17(13,14)9-7(8(12)15-3)10-6-16-9/h6H,4-5H2,1-3H3. The molecule has 1 heterocycles. The van der Waals surface area contributed by atoms with Crippen molar-refractivity contribution >= 4 is 27.3 Å². The highest BCUT2D eigenvalue weighted by Gasteiger charge is 2.29. The van der Waals surface area contributed by atoms with Gasteiger partial charge in [0.15, 0.2) is 9.90 Å². The van der Waals surface area contributed by atoms with Crippen molar-refractivity contribution in [3.05, 3.63) is 11.2 Å². The molecule has 96 valence electrons. The van der Waals surface area contributed by atoms with E-state index in [1.807, 2.05) is 6.92 Å². The number of aromatic nitrogens is 1. The average molecular weight is 278 g/mol. The van der Waals surface area contributed by atoms with E-state index in [0.717, 1.165) is 11.3 Å². The molecular formula is C9H14N2O4S2. The van der Waals surface area contributed by atoms with Crippen molar-refractivity contribution in [3.63, 3.8) is 0 Å². The smallest absolute Gasteiger partial charge is 0.358 e. The summed E-state index contributed by atoms with van der Waals surface area (Å²) in [4.78, 5) is 15.1. The second-order valence-electron chi connectivity index (χ2n) is 3.31. The highest BCUT2D eigenvalue weighted by molar-refractivity contribution is 7.91. The molecular weight excluding hydrogens is 264 g/mol. The summed E-state index contributed by atoms with van der Waals surface area (Å²) in [6, 6.07) is 0. The van der Waals surface area contributed by atoms with Gasteiger partial charge in [-0.1, -0.05) is 6.92 Å². The van der Waals surface area contributed by atoms with Crippen molar-refractivity contribution in [2.24, 2.45) is 0 Å². The summed E-state index contributed by atoms with van der Waals surface area (Å²) in [5, 5.41) is 0. The Kier molecular flexibility index (Phi) is 4.61. The molecule has 0 saturated heterocycles. The Morgan fingerprint density at radius 3 is 2.76 bits per heavy atom. The summed E-state index contributed by atoms with van der Waals surface area (Å²) in [5.41, 5.74) is 1.17. The Morgan fingerprint density at radius 1 is 1.59 bits per heavy atom. The van der Waals surface area contributed by atoms with Crippen LogP contribution in [0.5, 0.6) is 0 Å². The second-order valence-corrected chi connectivity index (χ2v) is 6.40. The fraction of sp³-hybridized carbons (Fsp3) is 0.556. The lowest BCUT2D eigenvalue weighted by molar-refractivity contribution is 0.0590. The highest BCUT2D eigenvalue weighted by atomic mass is 32.2. The number of carbonyl (C=O) groups is 1. The minimum absolute atomic E-state index is 0.0692. The van der Waals surface area contributed by atoms with Gasteiger partial charge < -0.3 is 4.74 Å². The molecule has 0 N–H and O–H groups in total. The highest BCUT2D eigenvalue weighted by Crippen LogP contribution is 2.23. The minimum atomic E-state index is -3.66. The van der Waals surface area contributed by atoms with Crippen molar-refractivity contribution in [1.29, 1.82) is 0 Å². The van der Waals surface area contributed by atoms with E-state index in [0.29, 0.717) is 13.0 Å². The van der Waals surface area contributed by atoms with Gasteiger partial charge in [0.05, 0.1) is 12.6 Å². The zero-order chi connectivity index (χ0) is 13.1. The average Bonchev–Trinajstić information content (AvgIpc) is 2.77. The van der Waals surface area contributed by atoms with Crippen LogP contribution in [0.2, 0.25) is 0 Å². The first-order valence-corrected chi connectivity index (χ1v) is 7.25. The number of nitrogens with zero attached hydrogens (tertiary/aromatic N) is 2. The lowest BCUT2D eigenvalue weighted by atomic mass is 10.5. The molecule has 0 aliphatic rings. The van der Waals surface area contributed by atoms with Gasteiger partial charge in [-0.05, 0) is 6.42 Å². The van der Waals surface area contributed by atoms with E-state index >= 15 is 0 Å². The van der Waals surface area contributed by atoms with Gasteiger partial charge in [0, 0.05) is 13.6 Å². The first-order chi connectivity index (χ1) is 7.95. The Bertz CT molecular complexity index is 495. The maximum Gasteiger partial charge on any atom is 0.358 e. The Labute approximate surface area is 104 Å². The van der Waals surface area contributed by atoms with Crippen LogP contribution in [0.3, 0.4) is 0 Å². The molecule has 0 atom stereocenters. The van der Waals surface area contributed by atoms with Crippen LogP contribution in [0, 0.1) is 0 Å². The number of carbonyl (C=O) groups excluding carboxylic acids is 1. The normalized spacial score (nSPS) is 11.8. The van der Waals surface area contributed by atoms with Gasteiger partial charge >= 0.3 is 5.97 Å². The number of sulfonamides is 1. The Morgan fingerprint density at radius 2 is 2.24 bits per heavy atom. The summed E-state index contributed by atoms with van der Waals surface area (Å²) >= 11 is 0.913. The van der Waals surface area contributed by atoms with Crippen molar-refractivity contribution in [2.75, 3.05) is 20.7 Å². The summed E-state index contributed by atoms with van der Waals surface area (Å²) in [5.74, 6) is -0.741. The molecule has 1 aromatic rings. The zero-order valence-electron chi connectivity index (χ0n) is 9.84. The van der Waals surface area contributed by atoms with Crippen molar-refractivity contribution in [1.82, 2.24) is 9.29 Å². The number of hydrogen-bond donors (Lipinski definition) is 0. The monoisotopic (exact) mass is 278 g/mol. The van der Waals surface area contributed by atoms with Gasteiger partial charge in [-0.2, -0.15) is 0 Å². The minimum Gasteiger partial charge on any atom is -0.464 e. The Balaban J connectivity index is 3.16. The lowest BCUT2D eigenvalue weighted by Crippen LogP contribution is -2.28. The first-order valence-electron chi connectivity index (χ1n) is 4.93. The van der Waals surface area contributed by atoms with E-state index in [1.165, 1.54) is 24.0 Å². The van der Waals surface area contributed by atoms with Gasteiger partial charge in [0.1, 0.15) is 0 Å². The molecule has 1 aromatic heterocycles. The molecule has 0 unspecified atom stereocenters. The molecule has 0 bridgehead atoms. The molecule has 0 fully saturated rings. The zero-order valence-corrected chi connectivity index (χ0v) is 11.5. The van der Waals surface area contributed by atoms with Crippen molar-refractivity contribution in [2.45, 2.75) is 17.6 Å². The van der Waals surface area contributed by atoms with Crippen LogP contribution in [0.15, 0.2) is 9.72 Å². The predicted molar refractivity (Wildman–Crippen MR) is 63.6 cm³/mol. The molecule has 8 heteroatoms. The molecule has 6 nitrogen and oxygen atoms in total. The predicted octanol–water partition coefficient (Wildman–Crippen LogP) is 0.960. The van der Waals surface area contributed by atoms with Gasteiger partial charge in [0.2, 0.25) is 0 Å². The van der Waals surface area contributed by atoms with E-state index in [4.69, 9.17) is 0 Å². The van der Waals surface area contributed by atoms with Crippen LogP contribution in [-0.2, 0) is 14.8 Å². The Hall–Kier alpha value is -0.990. The van der Waals surface area contributed by atoms with E-state index in [9.17, 15) is 13.2 Å². The number of esters is 1. The van der Waals surface area contributed by atoms with E-state index in [2.05, 4.69) is 9.72 Å². The summed E-state index contributed by atoms with van der Waals surface area (Å²) in [7, 11) is -0.995. The van der Waals surface area contributed by atoms with Gasteiger partial charge in [0.25, 0.3) is 10.0 Å². The van der Waals surface area contributed by atoms with Crippen molar-refractivity contribution in [3.8, 4) is 0 Å². The van der Waals surface area contributed by atoms with Gasteiger partial charge in [-0.3, -0.25) is 0 Å². The van der Waals surface area contributed by atoms with Crippen LogP contribution in [-0.4, -0.2) is 44.4 Å². The van der Waals surface area contributed by atoms with Crippen LogP contribution >= 0.6 is 11.3 Å². The molecule has 0 aliphatic carbocycles. The SMILES string of the molecule is CCCN(C)S(=O)(=O)c1scnc1C(=O)OC. The molecule has 0 aliphatic heterocycles. The van der Waals surface area contributed by atoms with Crippen LogP contribution < -0.4 is 0 Å². The lowest BCUT2D eigenvalue weighted by Gasteiger charge is -2.15. The largest absolute Gasteiger partial charge is 0.464 e. The first kappa shape index (κ1) is 14.1. The third kappa shape index (κ3) is 2.82. The van der Waals surface area contributed by atoms with E-state index in [1.54, 1.807) is 0 Å². The van der Waals surface area contributed by atoms with Crippen molar-refractivity contribution < 1.29 is 17.9 Å². The number of hydrogen-bond acceptors (Lipinski definition) is 6. The maximum atomic E-state index is 12.1. The number of ether oxygens (including phenoxy) is 1. The topological polar surface area (TPSA) is 76.6 Å². The number of methoxy groups -OCH3 is 1. The van der Waals surface area contributed by atoms with Gasteiger partial charge in [-0.15, -0.1) is 11.3 Å². The molecule has 0 amide bonds. The quantitative estimate of drug-likeness (QED) is 0.750. The molecule has 0 spiro atoms. The third-order valence-electron chi connectivity index (χ3n) is 2.10. The number of rotatable bonds is 5. The fourth-order valence-corrected chi connectivity index (χ4v) is 3.81. The summed E-state index contributed by atoms with van der Waals surface area (Å²) < 4.78 is 29.9. The summed E-state index contributed by atoms with van der Waals surface area (Å²) in [6.45, 7) is 2.26. The molecule has 0 radical (unpaired) electrons. The molecule has 1 rings (SSSR count). The van der Waals surface area contributed by atoms with Crippen LogP contribution in [0.1, 0.15) is 23.8 Å². The van der Waals surface area contributed by atoms with E-state index in [-0.39, 0.29) is 9.90 Å².